The maximum absolute atomic E-state index is 13.4. The van der Waals surface area contributed by atoms with Crippen LogP contribution in [0, 0.1) is 11.8 Å². The van der Waals surface area contributed by atoms with Gasteiger partial charge in [-0.15, -0.1) is 11.3 Å². The lowest BCUT2D eigenvalue weighted by atomic mass is 9.54. The molecule has 3 aromatic rings. The quantitative estimate of drug-likeness (QED) is 0.266. The Kier molecular flexibility index (Phi) is 6.84. The molecular weight excluding hydrogens is 506 g/mol. The summed E-state index contributed by atoms with van der Waals surface area (Å²) in [4.78, 5) is 27.5. The van der Waals surface area contributed by atoms with Crippen molar-refractivity contribution in [2.24, 2.45) is 11.8 Å². The highest BCUT2D eigenvalue weighted by Crippen LogP contribution is 2.63. The summed E-state index contributed by atoms with van der Waals surface area (Å²) in [6, 6.07) is 16.3. The molecule has 6 heteroatoms. The van der Waals surface area contributed by atoms with Crippen LogP contribution in [-0.4, -0.2) is 25.6 Å². The van der Waals surface area contributed by atoms with E-state index in [0.717, 1.165) is 49.0 Å². The first-order valence-corrected chi connectivity index (χ1v) is 14.8. The summed E-state index contributed by atoms with van der Waals surface area (Å²) in [5.74, 6) is 1.95. The van der Waals surface area contributed by atoms with Crippen molar-refractivity contribution in [1.29, 1.82) is 0 Å². The Labute approximate surface area is 234 Å². The number of anilines is 1. The predicted molar refractivity (Wildman–Crippen MR) is 156 cm³/mol. The van der Waals surface area contributed by atoms with Gasteiger partial charge in [0, 0.05) is 11.0 Å². The van der Waals surface area contributed by atoms with Crippen molar-refractivity contribution < 1.29 is 19.1 Å². The molecule has 39 heavy (non-hydrogen) atoms. The van der Waals surface area contributed by atoms with E-state index < -0.39 is 0 Å². The summed E-state index contributed by atoms with van der Waals surface area (Å²) in [6.07, 6.45) is 8.59. The van der Waals surface area contributed by atoms with E-state index in [9.17, 15) is 9.59 Å². The van der Waals surface area contributed by atoms with Crippen LogP contribution in [0.4, 0.5) is 5.00 Å². The van der Waals surface area contributed by atoms with Crippen LogP contribution in [0.2, 0.25) is 0 Å². The van der Waals surface area contributed by atoms with E-state index in [-0.39, 0.29) is 17.3 Å². The molecule has 1 fully saturated rings. The van der Waals surface area contributed by atoms with Gasteiger partial charge < -0.3 is 14.8 Å². The molecule has 0 spiro atoms. The molecule has 1 aromatic heterocycles. The van der Waals surface area contributed by atoms with Crippen molar-refractivity contribution >= 4 is 34.3 Å². The number of hydrogen-bond acceptors (Lipinski definition) is 5. The van der Waals surface area contributed by atoms with Gasteiger partial charge in [0.2, 0.25) is 5.91 Å². The van der Waals surface area contributed by atoms with Crippen LogP contribution in [0.3, 0.4) is 0 Å². The first-order chi connectivity index (χ1) is 18.9. The molecule has 0 aliphatic heterocycles. The molecule has 0 unspecified atom stereocenters. The second-order valence-electron chi connectivity index (χ2n) is 11.2. The molecule has 6 rings (SSSR count). The van der Waals surface area contributed by atoms with E-state index in [2.05, 4.69) is 30.4 Å². The molecule has 1 N–H and O–H groups in total. The van der Waals surface area contributed by atoms with Crippen LogP contribution >= 0.6 is 11.3 Å². The van der Waals surface area contributed by atoms with E-state index >= 15 is 0 Å². The topological polar surface area (TPSA) is 64.6 Å². The Morgan fingerprint density at radius 2 is 1.97 bits per heavy atom. The third kappa shape index (κ3) is 4.49. The predicted octanol–water partition coefficient (Wildman–Crippen LogP) is 7.16. The number of aryl methyl sites for hydroxylation is 1. The summed E-state index contributed by atoms with van der Waals surface area (Å²) in [5, 5.41) is 3.64. The minimum absolute atomic E-state index is 0.109. The lowest BCUT2D eigenvalue weighted by molar-refractivity contribution is -0.111. The highest BCUT2D eigenvalue weighted by molar-refractivity contribution is 7.17. The van der Waals surface area contributed by atoms with Crippen LogP contribution in [0.25, 0.3) is 6.08 Å². The molecule has 0 radical (unpaired) electrons. The number of carbonyl (C=O) groups is 2. The van der Waals surface area contributed by atoms with Crippen LogP contribution in [0.1, 0.15) is 76.5 Å². The molecular formula is C33H35NO4S. The van der Waals surface area contributed by atoms with E-state index in [1.807, 2.05) is 37.3 Å². The second-order valence-corrected chi connectivity index (χ2v) is 12.3. The van der Waals surface area contributed by atoms with Crippen molar-refractivity contribution in [2.45, 2.75) is 57.3 Å². The van der Waals surface area contributed by atoms with Crippen molar-refractivity contribution in [1.82, 2.24) is 0 Å². The van der Waals surface area contributed by atoms with Gasteiger partial charge in [0.1, 0.15) is 10.8 Å². The molecule has 2 aromatic carbocycles. The van der Waals surface area contributed by atoms with E-state index in [0.29, 0.717) is 34.9 Å². The molecule has 5 nitrogen and oxygen atoms in total. The van der Waals surface area contributed by atoms with Crippen molar-refractivity contribution in [3.63, 3.8) is 0 Å². The summed E-state index contributed by atoms with van der Waals surface area (Å²) < 4.78 is 11.0. The molecule has 3 aliphatic carbocycles. The van der Waals surface area contributed by atoms with Crippen molar-refractivity contribution in [2.75, 3.05) is 19.0 Å². The van der Waals surface area contributed by atoms with Gasteiger partial charge in [-0.05, 0) is 103 Å². The number of methoxy groups -OCH3 is 1. The number of esters is 1. The Morgan fingerprint density at radius 3 is 2.74 bits per heavy atom. The highest BCUT2D eigenvalue weighted by atomic mass is 32.1. The SMILES string of the molecule is CCOC(=O)c1c(NC(=O)/C=C/c2ccccc2)sc2c1[C@@]1(C)CC[C@H]3c4ccc(OC)cc4CC[C@@H]3[C@@H]1C2. The van der Waals surface area contributed by atoms with Gasteiger partial charge in [-0.3, -0.25) is 4.79 Å². The number of amides is 1. The normalized spacial score (nSPS) is 24.8. The van der Waals surface area contributed by atoms with Gasteiger partial charge in [0.25, 0.3) is 0 Å². The van der Waals surface area contributed by atoms with E-state index in [1.165, 1.54) is 22.1 Å². The summed E-state index contributed by atoms with van der Waals surface area (Å²) >= 11 is 1.56. The first kappa shape index (κ1) is 25.9. The smallest absolute Gasteiger partial charge is 0.341 e. The second kappa shape index (κ2) is 10.3. The van der Waals surface area contributed by atoms with E-state index in [1.54, 1.807) is 24.5 Å². The summed E-state index contributed by atoms with van der Waals surface area (Å²) in [7, 11) is 1.73. The zero-order valence-electron chi connectivity index (χ0n) is 22.8. The van der Waals surface area contributed by atoms with Gasteiger partial charge in [-0.1, -0.05) is 43.3 Å². The number of hydrogen-bond donors (Lipinski definition) is 1. The molecule has 202 valence electrons. The minimum Gasteiger partial charge on any atom is -0.497 e. The largest absolute Gasteiger partial charge is 0.497 e. The van der Waals surface area contributed by atoms with Gasteiger partial charge >= 0.3 is 5.97 Å². The number of thiophene rings is 1. The lowest BCUT2D eigenvalue weighted by Crippen LogP contribution is -2.43. The average Bonchev–Trinajstić information content (AvgIpc) is 3.45. The molecule has 0 saturated heterocycles. The zero-order valence-corrected chi connectivity index (χ0v) is 23.6. The van der Waals surface area contributed by atoms with Crippen LogP contribution in [0.5, 0.6) is 5.75 Å². The fourth-order valence-electron chi connectivity index (χ4n) is 7.49. The van der Waals surface area contributed by atoms with E-state index in [4.69, 9.17) is 9.47 Å². The number of fused-ring (bicyclic) bond motifs is 7. The van der Waals surface area contributed by atoms with Crippen LogP contribution < -0.4 is 10.1 Å². The fraction of sp³-hybridized carbons (Fsp3) is 0.394. The van der Waals surface area contributed by atoms with Crippen molar-refractivity contribution in [3.8, 4) is 5.75 Å². The third-order valence-electron chi connectivity index (χ3n) is 9.22. The van der Waals surface area contributed by atoms with Gasteiger partial charge in [0.15, 0.2) is 0 Å². The number of rotatable bonds is 6. The van der Waals surface area contributed by atoms with Crippen molar-refractivity contribution in [3.05, 3.63) is 87.3 Å². The average molecular weight is 542 g/mol. The number of carbonyl (C=O) groups excluding carboxylic acids is 2. The highest BCUT2D eigenvalue weighted by Gasteiger charge is 2.55. The summed E-state index contributed by atoms with van der Waals surface area (Å²) in [6.45, 7) is 4.48. The molecule has 0 bridgehead atoms. The fourth-order valence-corrected chi connectivity index (χ4v) is 8.88. The monoisotopic (exact) mass is 541 g/mol. The zero-order chi connectivity index (χ0) is 27.1. The number of benzene rings is 2. The molecule has 1 amide bonds. The third-order valence-corrected chi connectivity index (χ3v) is 10.4. The molecule has 4 atom stereocenters. The Bertz CT molecular complexity index is 1440. The minimum atomic E-state index is -0.331. The van der Waals surface area contributed by atoms with Crippen LogP contribution in [-0.2, 0) is 27.8 Å². The molecule has 1 heterocycles. The Morgan fingerprint density at radius 1 is 1.15 bits per heavy atom. The maximum atomic E-state index is 13.4. The maximum Gasteiger partial charge on any atom is 0.341 e. The van der Waals surface area contributed by atoms with Gasteiger partial charge in [0.05, 0.1) is 19.3 Å². The molecule has 1 saturated carbocycles. The molecule has 3 aliphatic rings. The standard InChI is InChI=1S/C33H35NO4S/c1-4-38-32(36)29-30-27(39-31(29)34-28(35)15-10-20-8-6-5-7-9-20)19-26-25-13-11-21-18-22(37-3)12-14-23(21)24(25)16-17-33(26,30)2/h5-10,12,14-15,18,24-26H,4,11,13,16-17,19H2,1-3H3,(H,34,35)/b15-10+/t24-,25-,26-,33-/m0/s1. The first-order valence-electron chi connectivity index (χ1n) is 14.0. The number of nitrogens with one attached hydrogen (secondary N) is 1. The van der Waals surface area contributed by atoms with Gasteiger partial charge in [-0.2, -0.15) is 0 Å². The van der Waals surface area contributed by atoms with Crippen LogP contribution in [0.15, 0.2) is 54.6 Å². The Hall–Kier alpha value is -3.38. The number of ether oxygens (including phenoxy) is 2. The Balaban J connectivity index is 1.31. The van der Waals surface area contributed by atoms with Gasteiger partial charge in [-0.25, -0.2) is 4.79 Å². The summed E-state index contributed by atoms with van der Waals surface area (Å²) in [5.41, 5.74) is 5.44. The lowest BCUT2D eigenvalue weighted by Gasteiger charge is -2.49.